The zero-order valence-corrected chi connectivity index (χ0v) is 11.8. The van der Waals surface area contributed by atoms with Crippen molar-refractivity contribution in [3.8, 4) is 0 Å². The van der Waals surface area contributed by atoms with Crippen molar-refractivity contribution in [3.05, 3.63) is 34.1 Å². The number of hydrogen-bond donors (Lipinski definition) is 2. The number of carboxylic acid groups (broad SMARTS) is 1. The van der Waals surface area contributed by atoms with Crippen LogP contribution in [0.5, 0.6) is 0 Å². The summed E-state index contributed by atoms with van der Waals surface area (Å²) >= 11 is 3.14. The van der Waals surface area contributed by atoms with Gasteiger partial charge in [0.2, 0.25) is 0 Å². The third-order valence-electron chi connectivity index (χ3n) is 2.68. The van der Waals surface area contributed by atoms with Crippen molar-refractivity contribution in [1.29, 1.82) is 0 Å². The van der Waals surface area contributed by atoms with E-state index in [1.807, 2.05) is 0 Å². The zero-order valence-electron chi connectivity index (χ0n) is 10.2. The van der Waals surface area contributed by atoms with Crippen LogP contribution in [0.3, 0.4) is 0 Å². The molecule has 0 aliphatic heterocycles. The molecule has 100 valence electrons. The van der Waals surface area contributed by atoms with Gasteiger partial charge in [-0.25, -0.2) is 9.18 Å². The molecule has 0 saturated carbocycles. The standard InChI is InChI=1S/C12H15BrFNO3/c1-12(11(16)17,15-5-6-18-2)9-4-3-8(13)7-10(9)14/h3-4,7,15H,5-6H2,1-2H3,(H,16,17). The predicted molar refractivity (Wildman–Crippen MR) is 69.0 cm³/mol. The molecule has 0 spiro atoms. The first-order valence-corrected chi connectivity index (χ1v) is 6.14. The normalized spacial score (nSPS) is 14.2. The monoisotopic (exact) mass is 319 g/mol. The smallest absolute Gasteiger partial charge is 0.328 e. The lowest BCUT2D eigenvalue weighted by molar-refractivity contribution is -0.144. The molecule has 4 nitrogen and oxygen atoms in total. The Morgan fingerprint density at radius 1 is 1.61 bits per heavy atom. The van der Waals surface area contributed by atoms with Gasteiger partial charge in [0, 0.05) is 23.7 Å². The molecule has 0 bridgehead atoms. The maximum atomic E-state index is 13.9. The number of benzene rings is 1. The molecule has 1 atom stereocenters. The minimum atomic E-state index is -1.48. The topological polar surface area (TPSA) is 58.6 Å². The van der Waals surface area contributed by atoms with Gasteiger partial charge >= 0.3 is 5.97 Å². The summed E-state index contributed by atoms with van der Waals surface area (Å²) in [5.74, 6) is -1.71. The summed E-state index contributed by atoms with van der Waals surface area (Å²) in [6.07, 6.45) is 0. The van der Waals surface area contributed by atoms with E-state index in [9.17, 15) is 14.3 Å². The van der Waals surface area contributed by atoms with E-state index in [-0.39, 0.29) is 5.56 Å². The third kappa shape index (κ3) is 3.28. The van der Waals surface area contributed by atoms with Crippen LogP contribution in [0.4, 0.5) is 4.39 Å². The van der Waals surface area contributed by atoms with Gasteiger partial charge < -0.3 is 9.84 Å². The summed E-state index contributed by atoms with van der Waals surface area (Å²) in [7, 11) is 1.51. The highest BCUT2D eigenvalue weighted by Gasteiger charge is 2.36. The Labute approximate surface area is 113 Å². The lowest BCUT2D eigenvalue weighted by Gasteiger charge is -2.27. The van der Waals surface area contributed by atoms with Crippen molar-refractivity contribution in [2.24, 2.45) is 0 Å². The average molecular weight is 320 g/mol. The van der Waals surface area contributed by atoms with Gasteiger partial charge in [0.25, 0.3) is 0 Å². The number of carboxylic acids is 1. The van der Waals surface area contributed by atoms with Crippen LogP contribution in [0.15, 0.2) is 22.7 Å². The molecule has 0 amide bonds. The fraction of sp³-hybridized carbons (Fsp3) is 0.417. The summed E-state index contributed by atoms with van der Waals surface area (Å²) in [6.45, 7) is 2.09. The number of methoxy groups -OCH3 is 1. The highest BCUT2D eigenvalue weighted by atomic mass is 79.9. The second-order valence-electron chi connectivity index (χ2n) is 3.97. The summed E-state index contributed by atoms with van der Waals surface area (Å²) in [5, 5.41) is 12.1. The molecule has 0 fully saturated rings. The summed E-state index contributed by atoms with van der Waals surface area (Å²) in [4.78, 5) is 11.4. The third-order valence-corrected chi connectivity index (χ3v) is 3.18. The molecule has 2 N–H and O–H groups in total. The lowest BCUT2D eigenvalue weighted by Crippen LogP contribution is -2.48. The fourth-order valence-electron chi connectivity index (χ4n) is 1.58. The number of hydrogen-bond acceptors (Lipinski definition) is 3. The second kappa shape index (κ2) is 6.26. The van der Waals surface area contributed by atoms with Gasteiger partial charge in [-0.2, -0.15) is 0 Å². The van der Waals surface area contributed by atoms with Gasteiger partial charge in [-0.3, -0.25) is 5.32 Å². The quantitative estimate of drug-likeness (QED) is 0.789. The van der Waals surface area contributed by atoms with E-state index >= 15 is 0 Å². The molecule has 0 heterocycles. The van der Waals surface area contributed by atoms with Crippen molar-refractivity contribution in [1.82, 2.24) is 5.32 Å². The van der Waals surface area contributed by atoms with Crippen LogP contribution in [0.2, 0.25) is 0 Å². The van der Waals surface area contributed by atoms with Gasteiger partial charge in [-0.15, -0.1) is 0 Å². The first-order chi connectivity index (χ1) is 8.41. The predicted octanol–water partition coefficient (Wildman–Crippen LogP) is 2.12. The Morgan fingerprint density at radius 2 is 2.28 bits per heavy atom. The van der Waals surface area contributed by atoms with Crippen molar-refractivity contribution < 1.29 is 19.0 Å². The van der Waals surface area contributed by atoms with Gasteiger partial charge in [-0.1, -0.05) is 22.0 Å². The largest absolute Gasteiger partial charge is 0.480 e. The molecule has 0 aliphatic rings. The van der Waals surface area contributed by atoms with E-state index in [4.69, 9.17) is 4.74 Å². The van der Waals surface area contributed by atoms with Crippen LogP contribution in [-0.4, -0.2) is 31.3 Å². The Kier molecular flexibility index (Phi) is 5.25. The first-order valence-electron chi connectivity index (χ1n) is 5.34. The molecular weight excluding hydrogens is 305 g/mol. The maximum absolute atomic E-state index is 13.9. The number of carbonyl (C=O) groups is 1. The van der Waals surface area contributed by atoms with Crippen molar-refractivity contribution >= 4 is 21.9 Å². The minimum Gasteiger partial charge on any atom is -0.480 e. The number of ether oxygens (including phenoxy) is 1. The fourth-order valence-corrected chi connectivity index (χ4v) is 1.92. The van der Waals surface area contributed by atoms with E-state index in [0.717, 1.165) is 0 Å². The lowest BCUT2D eigenvalue weighted by atomic mass is 9.91. The SMILES string of the molecule is COCCNC(C)(C(=O)O)c1ccc(Br)cc1F. The molecule has 1 aromatic rings. The molecule has 1 rings (SSSR count). The molecule has 0 saturated heterocycles. The Hall–Kier alpha value is -0.980. The van der Waals surface area contributed by atoms with Crippen LogP contribution < -0.4 is 5.32 Å². The van der Waals surface area contributed by atoms with Crippen molar-refractivity contribution in [2.45, 2.75) is 12.5 Å². The van der Waals surface area contributed by atoms with Gasteiger partial charge in [0.05, 0.1) is 6.61 Å². The van der Waals surface area contributed by atoms with E-state index in [1.165, 1.54) is 26.2 Å². The van der Waals surface area contributed by atoms with Gasteiger partial charge in [0.15, 0.2) is 0 Å². The highest BCUT2D eigenvalue weighted by molar-refractivity contribution is 9.10. The van der Waals surface area contributed by atoms with Crippen molar-refractivity contribution in [3.63, 3.8) is 0 Å². The highest BCUT2D eigenvalue weighted by Crippen LogP contribution is 2.26. The molecule has 0 aliphatic carbocycles. The molecule has 6 heteroatoms. The van der Waals surface area contributed by atoms with Gasteiger partial charge in [-0.05, 0) is 19.1 Å². The molecule has 0 radical (unpaired) electrons. The number of halogens is 2. The summed E-state index contributed by atoms with van der Waals surface area (Å²) < 4.78 is 19.3. The Bertz CT molecular complexity index is 441. The molecule has 1 aromatic carbocycles. The van der Waals surface area contributed by atoms with Crippen LogP contribution in [-0.2, 0) is 15.1 Å². The zero-order chi connectivity index (χ0) is 13.8. The summed E-state index contributed by atoms with van der Waals surface area (Å²) in [5.41, 5.74) is -1.39. The Morgan fingerprint density at radius 3 is 2.78 bits per heavy atom. The minimum absolute atomic E-state index is 0.0919. The van der Waals surface area contributed by atoms with Crippen LogP contribution in [0, 0.1) is 5.82 Å². The molecule has 1 unspecified atom stereocenters. The van der Waals surface area contributed by atoms with Gasteiger partial charge in [0.1, 0.15) is 11.4 Å². The van der Waals surface area contributed by atoms with Crippen molar-refractivity contribution in [2.75, 3.05) is 20.3 Å². The molecular formula is C12H15BrFNO3. The van der Waals surface area contributed by atoms with E-state index < -0.39 is 17.3 Å². The average Bonchev–Trinajstić information content (AvgIpc) is 2.28. The second-order valence-corrected chi connectivity index (χ2v) is 4.89. The number of aliphatic carboxylic acids is 1. The van der Waals surface area contributed by atoms with Crippen LogP contribution in [0.25, 0.3) is 0 Å². The van der Waals surface area contributed by atoms with Crippen LogP contribution in [0.1, 0.15) is 12.5 Å². The Balaban J connectivity index is 3.06. The number of nitrogens with one attached hydrogen (secondary N) is 1. The van der Waals surface area contributed by atoms with Crippen LogP contribution >= 0.6 is 15.9 Å². The van der Waals surface area contributed by atoms with E-state index in [0.29, 0.717) is 17.6 Å². The summed E-state index contributed by atoms with van der Waals surface area (Å²) in [6, 6.07) is 4.31. The molecule has 0 aromatic heterocycles. The van der Waals surface area contributed by atoms with E-state index in [1.54, 1.807) is 6.07 Å². The van der Waals surface area contributed by atoms with E-state index in [2.05, 4.69) is 21.2 Å². The molecule has 18 heavy (non-hydrogen) atoms. The first kappa shape index (κ1) is 15.1. The maximum Gasteiger partial charge on any atom is 0.328 e. The number of rotatable bonds is 6.